The van der Waals surface area contributed by atoms with Crippen LogP contribution in [0.4, 0.5) is 0 Å². The Labute approximate surface area is 145 Å². The summed E-state index contributed by atoms with van der Waals surface area (Å²) in [5, 5.41) is 4.03. The van der Waals surface area contributed by atoms with Crippen LogP contribution in [-0.4, -0.2) is 41.2 Å². The Bertz CT molecular complexity index is 938. The fraction of sp³-hybridized carbons (Fsp3) is 0.312. The number of hydrogen-bond donors (Lipinski definition) is 1. The number of ether oxygens (including phenoxy) is 1. The van der Waals surface area contributed by atoms with Gasteiger partial charge in [0.05, 0.1) is 11.5 Å². The molecule has 0 aliphatic heterocycles. The SMILES string of the molecule is CCOc1ccc(S(=O)(=O)NCCCc2cnc3ncnn3c2)cc1. The maximum absolute atomic E-state index is 12.3. The Hall–Kier alpha value is -2.52. The quantitative estimate of drug-likeness (QED) is 0.610. The zero-order valence-electron chi connectivity index (χ0n) is 13.8. The minimum absolute atomic E-state index is 0.224. The van der Waals surface area contributed by atoms with Crippen molar-refractivity contribution in [1.29, 1.82) is 0 Å². The second-order valence-corrected chi connectivity index (χ2v) is 7.14. The van der Waals surface area contributed by atoms with E-state index in [9.17, 15) is 8.42 Å². The van der Waals surface area contributed by atoms with Crippen LogP contribution in [0, 0.1) is 0 Å². The van der Waals surface area contributed by atoms with E-state index in [0.29, 0.717) is 37.5 Å². The third kappa shape index (κ3) is 4.31. The number of benzene rings is 1. The predicted molar refractivity (Wildman–Crippen MR) is 91.9 cm³/mol. The van der Waals surface area contributed by atoms with Crippen LogP contribution in [0.25, 0.3) is 5.78 Å². The molecule has 3 rings (SSSR count). The first kappa shape index (κ1) is 17.3. The number of aromatic nitrogens is 4. The van der Waals surface area contributed by atoms with Crippen molar-refractivity contribution in [3.05, 3.63) is 48.5 Å². The van der Waals surface area contributed by atoms with E-state index < -0.39 is 10.0 Å². The van der Waals surface area contributed by atoms with Crippen LogP contribution >= 0.6 is 0 Å². The third-order valence-electron chi connectivity index (χ3n) is 3.57. The maximum Gasteiger partial charge on any atom is 0.252 e. The Morgan fingerprint density at radius 2 is 2.00 bits per heavy atom. The van der Waals surface area contributed by atoms with E-state index in [2.05, 4.69) is 19.8 Å². The van der Waals surface area contributed by atoms with Crippen molar-refractivity contribution in [2.45, 2.75) is 24.7 Å². The monoisotopic (exact) mass is 361 g/mol. The molecule has 8 nitrogen and oxygen atoms in total. The van der Waals surface area contributed by atoms with E-state index in [0.717, 1.165) is 5.56 Å². The molecule has 0 saturated carbocycles. The van der Waals surface area contributed by atoms with Crippen molar-refractivity contribution in [1.82, 2.24) is 24.3 Å². The summed E-state index contributed by atoms with van der Waals surface area (Å²) in [6.45, 7) is 2.76. The Balaban J connectivity index is 1.53. The number of rotatable bonds is 8. The van der Waals surface area contributed by atoms with Gasteiger partial charge in [-0.3, -0.25) is 0 Å². The van der Waals surface area contributed by atoms with Gasteiger partial charge in [-0.1, -0.05) is 0 Å². The average Bonchev–Trinajstić information content (AvgIpc) is 3.07. The van der Waals surface area contributed by atoms with E-state index in [1.807, 2.05) is 13.1 Å². The van der Waals surface area contributed by atoms with Gasteiger partial charge in [-0.25, -0.2) is 22.6 Å². The zero-order valence-corrected chi connectivity index (χ0v) is 14.6. The normalized spacial score (nSPS) is 11.7. The number of aryl methyl sites for hydroxylation is 1. The molecule has 2 heterocycles. The summed E-state index contributed by atoms with van der Waals surface area (Å²) in [5.41, 5.74) is 0.971. The van der Waals surface area contributed by atoms with E-state index in [4.69, 9.17) is 4.74 Å². The molecule has 0 amide bonds. The van der Waals surface area contributed by atoms with E-state index in [-0.39, 0.29) is 4.90 Å². The molecule has 0 aliphatic rings. The van der Waals surface area contributed by atoms with Gasteiger partial charge in [0.1, 0.15) is 12.1 Å². The van der Waals surface area contributed by atoms with E-state index in [1.54, 1.807) is 22.8 Å². The van der Waals surface area contributed by atoms with Gasteiger partial charge in [0.15, 0.2) is 0 Å². The van der Waals surface area contributed by atoms with Crippen LogP contribution in [0.5, 0.6) is 5.75 Å². The summed E-state index contributed by atoms with van der Waals surface area (Å²) >= 11 is 0. The van der Waals surface area contributed by atoms with Crippen LogP contribution in [0.2, 0.25) is 0 Å². The molecule has 25 heavy (non-hydrogen) atoms. The van der Waals surface area contributed by atoms with Gasteiger partial charge >= 0.3 is 0 Å². The summed E-state index contributed by atoms with van der Waals surface area (Å²) in [5.74, 6) is 1.19. The first-order valence-electron chi connectivity index (χ1n) is 7.95. The van der Waals surface area contributed by atoms with Crippen LogP contribution in [0.15, 0.2) is 47.9 Å². The number of fused-ring (bicyclic) bond motifs is 1. The molecule has 0 spiro atoms. The molecule has 3 aromatic rings. The zero-order chi connectivity index (χ0) is 17.7. The highest BCUT2D eigenvalue weighted by Gasteiger charge is 2.13. The molecule has 9 heteroatoms. The smallest absolute Gasteiger partial charge is 0.252 e. The molecule has 0 atom stereocenters. The van der Waals surface area contributed by atoms with Crippen LogP contribution in [0.3, 0.4) is 0 Å². The van der Waals surface area contributed by atoms with Gasteiger partial charge in [0.2, 0.25) is 10.0 Å². The van der Waals surface area contributed by atoms with Crippen molar-refractivity contribution < 1.29 is 13.2 Å². The van der Waals surface area contributed by atoms with Crippen molar-refractivity contribution in [2.24, 2.45) is 0 Å². The lowest BCUT2D eigenvalue weighted by Crippen LogP contribution is -2.25. The Morgan fingerprint density at radius 1 is 1.20 bits per heavy atom. The molecule has 0 fully saturated rings. The molecule has 0 saturated heterocycles. The molecular formula is C16H19N5O3S. The molecule has 132 valence electrons. The number of hydrogen-bond acceptors (Lipinski definition) is 6. The third-order valence-corrected chi connectivity index (χ3v) is 5.04. The second kappa shape index (κ2) is 7.58. The minimum atomic E-state index is -3.52. The minimum Gasteiger partial charge on any atom is -0.494 e. The summed E-state index contributed by atoms with van der Waals surface area (Å²) < 4.78 is 34.0. The van der Waals surface area contributed by atoms with Gasteiger partial charge in [-0.15, -0.1) is 0 Å². The average molecular weight is 361 g/mol. The number of nitrogens with one attached hydrogen (secondary N) is 1. The lowest BCUT2D eigenvalue weighted by atomic mass is 10.2. The van der Waals surface area contributed by atoms with Gasteiger partial charge in [0.25, 0.3) is 5.78 Å². The molecule has 0 bridgehead atoms. The van der Waals surface area contributed by atoms with Gasteiger partial charge < -0.3 is 4.74 Å². The second-order valence-electron chi connectivity index (χ2n) is 5.37. The summed E-state index contributed by atoms with van der Waals surface area (Å²) in [6.07, 6.45) is 6.35. The van der Waals surface area contributed by atoms with Crippen molar-refractivity contribution in [3.63, 3.8) is 0 Å². The first-order valence-corrected chi connectivity index (χ1v) is 9.43. The molecular weight excluding hydrogens is 342 g/mol. The standard InChI is InChI=1S/C16H19N5O3S/c1-2-24-14-5-7-15(8-6-14)25(22,23)20-9-3-4-13-10-17-16-18-12-19-21(16)11-13/h5-8,10-12,20H,2-4,9H2,1H3. The lowest BCUT2D eigenvalue weighted by molar-refractivity contribution is 0.340. The highest BCUT2D eigenvalue weighted by molar-refractivity contribution is 7.89. The number of sulfonamides is 1. The largest absolute Gasteiger partial charge is 0.494 e. The number of nitrogens with zero attached hydrogens (tertiary/aromatic N) is 4. The summed E-state index contributed by atoms with van der Waals surface area (Å²) in [6, 6.07) is 6.37. The van der Waals surface area contributed by atoms with Gasteiger partial charge in [0, 0.05) is 18.9 Å². The van der Waals surface area contributed by atoms with Gasteiger partial charge in [-0.05, 0) is 49.6 Å². The first-order chi connectivity index (χ1) is 12.1. The highest BCUT2D eigenvalue weighted by Crippen LogP contribution is 2.15. The van der Waals surface area contributed by atoms with Crippen molar-refractivity contribution in [3.8, 4) is 5.75 Å². The van der Waals surface area contributed by atoms with E-state index in [1.165, 1.54) is 18.5 Å². The molecule has 2 aromatic heterocycles. The van der Waals surface area contributed by atoms with Crippen LogP contribution in [0.1, 0.15) is 18.9 Å². The van der Waals surface area contributed by atoms with Crippen LogP contribution in [-0.2, 0) is 16.4 Å². The predicted octanol–water partition coefficient (Wildman–Crippen LogP) is 1.43. The molecule has 1 N–H and O–H groups in total. The fourth-order valence-corrected chi connectivity index (χ4v) is 3.43. The topological polar surface area (TPSA) is 98.5 Å². The molecule has 0 radical (unpaired) electrons. The maximum atomic E-state index is 12.3. The lowest BCUT2D eigenvalue weighted by Gasteiger charge is -2.08. The van der Waals surface area contributed by atoms with Crippen LogP contribution < -0.4 is 9.46 Å². The molecule has 0 aliphatic carbocycles. The van der Waals surface area contributed by atoms with Crippen molar-refractivity contribution in [2.75, 3.05) is 13.2 Å². The van der Waals surface area contributed by atoms with E-state index >= 15 is 0 Å². The summed E-state index contributed by atoms with van der Waals surface area (Å²) in [7, 11) is -3.52. The summed E-state index contributed by atoms with van der Waals surface area (Å²) in [4.78, 5) is 8.38. The highest BCUT2D eigenvalue weighted by atomic mass is 32.2. The Morgan fingerprint density at radius 3 is 2.76 bits per heavy atom. The fourth-order valence-electron chi connectivity index (χ4n) is 2.35. The molecule has 1 aromatic carbocycles. The molecule has 0 unspecified atom stereocenters. The Kier molecular flexibility index (Phi) is 5.25. The van der Waals surface area contributed by atoms with Crippen molar-refractivity contribution >= 4 is 15.8 Å². The van der Waals surface area contributed by atoms with Gasteiger partial charge in [-0.2, -0.15) is 10.1 Å².